The largest absolute Gasteiger partial charge is 0.482 e. The first-order chi connectivity index (χ1) is 9.61. The van der Waals surface area contributed by atoms with Crippen molar-refractivity contribution in [3.8, 4) is 5.75 Å². The molecule has 0 saturated carbocycles. The van der Waals surface area contributed by atoms with Gasteiger partial charge >= 0.3 is 5.97 Å². The molecule has 5 nitrogen and oxygen atoms in total. The topological polar surface area (TPSA) is 64.6 Å². The van der Waals surface area contributed by atoms with Gasteiger partial charge in [-0.1, -0.05) is 12.1 Å². The first kappa shape index (κ1) is 16.0. The third-order valence-electron chi connectivity index (χ3n) is 2.60. The Labute approximate surface area is 119 Å². The molecule has 5 heteroatoms. The maximum absolute atomic E-state index is 11.1. The van der Waals surface area contributed by atoms with Crippen LogP contribution in [-0.4, -0.2) is 31.6 Å². The average molecular weight is 279 g/mol. The molecule has 0 spiro atoms. The van der Waals surface area contributed by atoms with Gasteiger partial charge in [0.1, 0.15) is 5.75 Å². The number of amides is 1. The third-order valence-corrected chi connectivity index (χ3v) is 2.60. The van der Waals surface area contributed by atoms with Crippen LogP contribution in [0.2, 0.25) is 0 Å². The quantitative estimate of drug-likeness (QED) is 0.581. The Morgan fingerprint density at radius 1 is 1.20 bits per heavy atom. The Morgan fingerprint density at radius 2 is 1.90 bits per heavy atom. The number of hydrogen-bond donors (Lipinski definition) is 1. The van der Waals surface area contributed by atoms with E-state index in [1.54, 1.807) is 6.92 Å². The summed E-state index contributed by atoms with van der Waals surface area (Å²) in [5, 5.41) is 2.76. The Balaban J connectivity index is 2.29. The van der Waals surface area contributed by atoms with E-state index in [1.807, 2.05) is 24.3 Å². The molecular formula is C15H21NO4. The minimum atomic E-state index is -0.369. The highest BCUT2D eigenvalue weighted by Gasteiger charge is 2.03. The van der Waals surface area contributed by atoms with Crippen LogP contribution in [0.4, 0.5) is 0 Å². The molecule has 0 aromatic heterocycles. The Hall–Kier alpha value is -2.04. The van der Waals surface area contributed by atoms with Crippen LogP contribution in [0.1, 0.15) is 25.8 Å². The van der Waals surface area contributed by atoms with Crippen LogP contribution in [0.25, 0.3) is 0 Å². The number of esters is 1. The normalized spacial score (nSPS) is 9.90. The summed E-state index contributed by atoms with van der Waals surface area (Å²) < 4.78 is 10.1. The first-order valence-electron chi connectivity index (χ1n) is 6.73. The fourth-order valence-corrected chi connectivity index (χ4v) is 1.65. The first-order valence-corrected chi connectivity index (χ1v) is 6.73. The van der Waals surface area contributed by atoms with Gasteiger partial charge in [-0.05, 0) is 37.5 Å². The summed E-state index contributed by atoms with van der Waals surface area (Å²) in [7, 11) is 0. The number of aryl methyl sites for hydroxylation is 1. The van der Waals surface area contributed by atoms with Crippen molar-refractivity contribution < 1.29 is 19.1 Å². The molecule has 0 radical (unpaired) electrons. The molecule has 0 aliphatic rings. The predicted octanol–water partition coefficient (Wildman–Crippen LogP) is 1.70. The van der Waals surface area contributed by atoms with E-state index in [0.717, 1.165) is 12.8 Å². The highest BCUT2D eigenvalue weighted by molar-refractivity contribution is 5.72. The number of nitrogens with one attached hydrogen (secondary N) is 1. The monoisotopic (exact) mass is 279 g/mol. The lowest BCUT2D eigenvalue weighted by molar-refractivity contribution is -0.145. The van der Waals surface area contributed by atoms with Gasteiger partial charge in [0, 0.05) is 13.5 Å². The Bertz CT molecular complexity index is 428. The Morgan fingerprint density at radius 3 is 2.50 bits per heavy atom. The van der Waals surface area contributed by atoms with Crippen LogP contribution in [0.15, 0.2) is 24.3 Å². The maximum atomic E-state index is 11.1. The molecule has 1 rings (SSSR count). The molecule has 1 amide bonds. The van der Waals surface area contributed by atoms with Crippen molar-refractivity contribution in [1.82, 2.24) is 5.32 Å². The molecule has 1 N–H and O–H groups in total. The van der Waals surface area contributed by atoms with E-state index in [1.165, 1.54) is 12.5 Å². The minimum absolute atomic E-state index is 0.00675. The molecule has 0 bridgehead atoms. The zero-order valence-electron chi connectivity index (χ0n) is 12.0. The molecule has 0 heterocycles. The van der Waals surface area contributed by atoms with Crippen LogP contribution < -0.4 is 10.1 Å². The van der Waals surface area contributed by atoms with Gasteiger partial charge in [-0.3, -0.25) is 4.79 Å². The molecule has 0 atom stereocenters. The molecule has 20 heavy (non-hydrogen) atoms. The highest BCUT2D eigenvalue weighted by Crippen LogP contribution is 2.13. The number of carbonyl (C=O) groups excluding carboxylic acids is 2. The van der Waals surface area contributed by atoms with Crippen LogP contribution >= 0.6 is 0 Å². The zero-order chi connectivity index (χ0) is 14.8. The van der Waals surface area contributed by atoms with Gasteiger partial charge < -0.3 is 14.8 Å². The number of ether oxygens (including phenoxy) is 2. The molecule has 1 aromatic carbocycles. The fraction of sp³-hybridized carbons (Fsp3) is 0.467. The van der Waals surface area contributed by atoms with Gasteiger partial charge in [-0.2, -0.15) is 0 Å². The standard InChI is InChI=1S/C15H21NO4/c1-3-19-15(18)11-20-14-8-6-13(7-9-14)5-4-10-16-12(2)17/h6-9H,3-5,10-11H2,1-2H3,(H,16,17). The van der Waals surface area contributed by atoms with Gasteiger partial charge in [0.25, 0.3) is 0 Å². The SMILES string of the molecule is CCOC(=O)COc1ccc(CCCNC(C)=O)cc1. The van der Waals surface area contributed by atoms with Crippen molar-refractivity contribution in [2.24, 2.45) is 0 Å². The van der Waals surface area contributed by atoms with E-state index in [-0.39, 0.29) is 18.5 Å². The van der Waals surface area contributed by atoms with Gasteiger partial charge in [0.2, 0.25) is 5.91 Å². The van der Waals surface area contributed by atoms with Crippen molar-refractivity contribution >= 4 is 11.9 Å². The van der Waals surface area contributed by atoms with E-state index < -0.39 is 0 Å². The molecule has 0 fully saturated rings. The van der Waals surface area contributed by atoms with E-state index in [2.05, 4.69) is 5.32 Å². The summed E-state index contributed by atoms with van der Waals surface area (Å²) >= 11 is 0. The van der Waals surface area contributed by atoms with Gasteiger partial charge in [0.15, 0.2) is 6.61 Å². The highest BCUT2D eigenvalue weighted by atomic mass is 16.6. The predicted molar refractivity (Wildman–Crippen MR) is 75.6 cm³/mol. The van der Waals surface area contributed by atoms with Crippen molar-refractivity contribution in [1.29, 1.82) is 0 Å². The number of hydrogen-bond acceptors (Lipinski definition) is 4. The summed E-state index contributed by atoms with van der Waals surface area (Å²) in [6, 6.07) is 7.56. The molecule has 1 aromatic rings. The van der Waals surface area contributed by atoms with E-state index in [9.17, 15) is 9.59 Å². The summed E-state index contributed by atoms with van der Waals surface area (Å²) in [4.78, 5) is 21.8. The number of carbonyl (C=O) groups is 2. The second-order valence-corrected chi connectivity index (χ2v) is 4.32. The summed E-state index contributed by atoms with van der Waals surface area (Å²) in [6.45, 7) is 4.23. The van der Waals surface area contributed by atoms with Gasteiger partial charge in [0.05, 0.1) is 6.61 Å². The van der Waals surface area contributed by atoms with Crippen molar-refractivity contribution in [3.05, 3.63) is 29.8 Å². The summed E-state index contributed by atoms with van der Waals surface area (Å²) in [6.07, 6.45) is 1.78. The molecule has 0 unspecified atom stereocenters. The fourth-order valence-electron chi connectivity index (χ4n) is 1.65. The van der Waals surface area contributed by atoms with Gasteiger partial charge in [-0.25, -0.2) is 4.79 Å². The van der Waals surface area contributed by atoms with Crippen molar-refractivity contribution in [2.45, 2.75) is 26.7 Å². The van der Waals surface area contributed by atoms with E-state index >= 15 is 0 Å². The number of benzene rings is 1. The van der Waals surface area contributed by atoms with Crippen LogP contribution in [0.3, 0.4) is 0 Å². The molecule has 0 aliphatic carbocycles. The lowest BCUT2D eigenvalue weighted by Crippen LogP contribution is -2.21. The van der Waals surface area contributed by atoms with Crippen LogP contribution in [0.5, 0.6) is 5.75 Å². The Kier molecular flexibility index (Phi) is 7.17. The third kappa shape index (κ3) is 6.78. The minimum Gasteiger partial charge on any atom is -0.482 e. The average Bonchev–Trinajstić information content (AvgIpc) is 2.43. The zero-order valence-corrected chi connectivity index (χ0v) is 12.0. The molecule has 110 valence electrons. The lowest BCUT2D eigenvalue weighted by atomic mass is 10.1. The van der Waals surface area contributed by atoms with E-state index in [4.69, 9.17) is 9.47 Å². The van der Waals surface area contributed by atoms with E-state index in [0.29, 0.717) is 18.9 Å². The van der Waals surface area contributed by atoms with Crippen LogP contribution in [0, 0.1) is 0 Å². The second-order valence-electron chi connectivity index (χ2n) is 4.32. The van der Waals surface area contributed by atoms with Crippen molar-refractivity contribution in [3.63, 3.8) is 0 Å². The maximum Gasteiger partial charge on any atom is 0.344 e. The number of rotatable bonds is 8. The molecule has 0 saturated heterocycles. The summed E-state index contributed by atoms with van der Waals surface area (Å²) in [5.41, 5.74) is 1.17. The summed E-state index contributed by atoms with van der Waals surface area (Å²) in [5.74, 6) is 0.267. The molecule has 0 aliphatic heterocycles. The van der Waals surface area contributed by atoms with Crippen molar-refractivity contribution in [2.75, 3.05) is 19.8 Å². The lowest BCUT2D eigenvalue weighted by Gasteiger charge is -2.07. The van der Waals surface area contributed by atoms with Gasteiger partial charge in [-0.15, -0.1) is 0 Å². The smallest absolute Gasteiger partial charge is 0.344 e. The second kappa shape index (κ2) is 8.96. The van der Waals surface area contributed by atoms with Crippen LogP contribution in [-0.2, 0) is 20.7 Å². The molecular weight excluding hydrogens is 258 g/mol.